The molecule has 4 heterocycles. The zero-order chi connectivity index (χ0) is 49.4. The molecule has 4 aliphatic heterocycles. The van der Waals surface area contributed by atoms with Crippen LogP contribution in [0.2, 0.25) is 0 Å². The molecule has 0 amide bonds. The Kier molecular flexibility index (Phi) is 16.2. The number of hydrogen-bond acceptors (Lipinski definition) is 20. The van der Waals surface area contributed by atoms with Crippen LogP contribution in [-0.4, -0.2) is 215 Å². The van der Waals surface area contributed by atoms with E-state index in [1.54, 1.807) is 35.0 Å². The Hall–Kier alpha value is -1.06. The normalized spacial score (nSPS) is 54.6. The summed E-state index contributed by atoms with van der Waals surface area (Å²) in [6.07, 6.45) is -14.3. The third kappa shape index (κ3) is 9.09. The van der Waals surface area contributed by atoms with E-state index >= 15 is 0 Å². The Bertz CT molecular complexity index is 1720. The molecule has 0 unspecified atom stereocenters. The Morgan fingerprint density at radius 2 is 1.26 bits per heavy atom. The van der Waals surface area contributed by atoms with E-state index < -0.39 is 152 Å². The monoisotopic (exact) mass is 977 g/mol. The first-order chi connectivity index (χ1) is 32.2. The van der Waals surface area contributed by atoms with Crippen LogP contribution in [0.4, 0.5) is 0 Å². The lowest BCUT2D eigenvalue weighted by Gasteiger charge is -2.64. The van der Waals surface area contributed by atoms with Crippen LogP contribution in [0.1, 0.15) is 92.9 Å². The molecule has 68 heavy (non-hydrogen) atoms. The first kappa shape index (κ1) is 53.2. The summed E-state index contributed by atoms with van der Waals surface area (Å²) in [5, 5.41) is 98.9. The molecule has 0 aromatic carbocycles. The van der Waals surface area contributed by atoms with Gasteiger partial charge in [-0.1, -0.05) is 25.5 Å². The van der Waals surface area contributed by atoms with Gasteiger partial charge in [-0.2, -0.15) is 0 Å². The number of fused-ring (bicyclic) bond motifs is 5. The van der Waals surface area contributed by atoms with E-state index in [4.69, 9.17) is 52.1 Å². The number of allylic oxidation sites excluding steroid dienone is 1. The molecule has 0 aromatic heterocycles. The summed E-state index contributed by atoms with van der Waals surface area (Å²) >= 11 is 0. The van der Waals surface area contributed by atoms with Crippen molar-refractivity contribution in [1.82, 2.24) is 0 Å². The number of hydrogen-bond donors (Lipinski definition) is 9. The Balaban J connectivity index is 0.854. The van der Waals surface area contributed by atoms with Crippen LogP contribution >= 0.6 is 0 Å². The minimum absolute atomic E-state index is 0.167. The van der Waals surface area contributed by atoms with Crippen molar-refractivity contribution in [2.24, 2.45) is 28.6 Å². The number of ether oxygens (including phenoxy) is 11. The quantitative estimate of drug-likeness (QED) is 0.108. The second kappa shape index (κ2) is 20.7. The van der Waals surface area contributed by atoms with Crippen LogP contribution in [0.15, 0.2) is 11.6 Å². The molecule has 28 atom stereocenters. The van der Waals surface area contributed by atoms with Crippen molar-refractivity contribution in [1.29, 1.82) is 0 Å². The number of aliphatic hydroxyl groups is 9. The number of methoxy groups -OCH3 is 3. The Morgan fingerprint density at radius 3 is 1.87 bits per heavy atom. The molecule has 4 saturated heterocycles. The first-order valence-corrected chi connectivity index (χ1v) is 24.8. The molecule has 0 radical (unpaired) electrons. The maximum absolute atomic E-state index is 12.4. The highest BCUT2D eigenvalue weighted by atomic mass is 16.8. The second-order valence-corrected chi connectivity index (χ2v) is 21.5. The van der Waals surface area contributed by atoms with Gasteiger partial charge in [0.05, 0.1) is 67.1 Å². The van der Waals surface area contributed by atoms with Crippen LogP contribution in [0.5, 0.6) is 0 Å². The van der Waals surface area contributed by atoms with Gasteiger partial charge in [-0.25, -0.2) is 0 Å². The zero-order valence-corrected chi connectivity index (χ0v) is 40.9. The molecule has 7 fully saturated rings. The van der Waals surface area contributed by atoms with Crippen molar-refractivity contribution in [3.05, 3.63) is 11.6 Å². The molecular formula is C48H80O20. The van der Waals surface area contributed by atoms with Crippen LogP contribution in [0, 0.1) is 28.6 Å². The summed E-state index contributed by atoms with van der Waals surface area (Å²) in [7, 11) is 4.54. The maximum Gasteiger partial charge on any atom is 0.187 e. The SMILES string of the molecule is CO[C@H]1[C@@H](O)[C@H](O[C@H]2[C@@H](OC)C[C@H](O[C@H]3[C@@H](OC)C[C@H](O[C@H]4CC[C@@]5(C)C(=CC[C@@H]6[C@@H]5[C@H](O)[C@@H](O)[C@]5(C)[C@@H]([C@@H](C)O)CC[C@]65O)C4)O[C@@H]3C)O[C@@H]2C)O[C@H](C)[C@H]1O[C@@H]1O[C@H](CO)[C@H](O)[C@H](O)[C@H]1O. The van der Waals surface area contributed by atoms with Crippen molar-refractivity contribution in [3.8, 4) is 0 Å². The van der Waals surface area contributed by atoms with E-state index in [1.807, 2.05) is 13.8 Å². The topological polar surface area (TPSA) is 284 Å². The molecule has 8 aliphatic rings. The minimum Gasteiger partial charge on any atom is -0.394 e. The molecular weight excluding hydrogens is 897 g/mol. The van der Waals surface area contributed by atoms with Crippen molar-refractivity contribution in [3.63, 3.8) is 0 Å². The lowest BCUT2D eigenvalue weighted by atomic mass is 9.44. The summed E-state index contributed by atoms with van der Waals surface area (Å²) in [5.74, 6) is -0.925. The van der Waals surface area contributed by atoms with Gasteiger partial charge in [0.2, 0.25) is 0 Å². The molecule has 0 bridgehead atoms. The first-order valence-electron chi connectivity index (χ1n) is 24.8. The average molecular weight is 977 g/mol. The molecule has 20 heteroatoms. The van der Waals surface area contributed by atoms with Gasteiger partial charge >= 0.3 is 0 Å². The van der Waals surface area contributed by atoms with E-state index in [0.29, 0.717) is 44.9 Å². The van der Waals surface area contributed by atoms with Crippen LogP contribution < -0.4 is 0 Å². The largest absolute Gasteiger partial charge is 0.394 e. The van der Waals surface area contributed by atoms with Crippen LogP contribution in [0.25, 0.3) is 0 Å². The van der Waals surface area contributed by atoms with Crippen LogP contribution in [-0.2, 0) is 52.1 Å². The molecule has 8 rings (SSSR count). The molecule has 4 aliphatic carbocycles. The van der Waals surface area contributed by atoms with E-state index in [1.165, 1.54) is 7.11 Å². The second-order valence-electron chi connectivity index (χ2n) is 21.5. The fourth-order valence-electron chi connectivity index (χ4n) is 14.1. The molecule has 392 valence electrons. The average Bonchev–Trinajstić information content (AvgIpc) is 3.60. The summed E-state index contributed by atoms with van der Waals surface area (Å²) in [6, 6.07) is 0. The molecule has 0 aromatic rings. The highest BCUT2D eigenvalue weighted by molar-refractivity contribution is 5.31. The van der Waals surface area contributed by atoms with E-state index in [0.717, 1.165) is 5.57 Å². The highest BCUT2D eigenvalue weighted by Gasteiger charge is 2.73. The summed E-state index contributed by atoms with van der Waals surface area (Å²) in [4.78, 5) is 0. The van der Waals surface area contributed by atoms with E-state index in [2.05, 4.69) is 13.0 Å². The van der Waals surface area contributed by atoms with Gasteiger partial charge in [-0.05, 0) is 83.5 Å². The predicted molar refractivity (Wildman–Crippen MR) is 235 cm³/mol. The summed E-state index contributed by atoms with van der Waals surface area (Å²) < 4.78 is 67.7. The van der Waals surface area contributed by atoms with Crippen molar-refractivity contribution in [2.45, 2.75) is 234 Å². The molecule has 0 spiro atoms. The van der Waals surface area contributed by atoms with E-state index in [-0.39, 0.29) is 30.3 Å². The fourth-order valence-corrected chi connectivity index (χ4v) is 14.1. The Labute approximate surface area is 399 Å². The van der Waals surface area contributed by atoms with E-state index in [9.17, 15) is 46.0 Å². The lowest BCUT2D eigenvalue weighted by Crippen LogP contribution is -2.71. The van der Waals surface area contributed by atoms with Gasteiger partial charge in [0.25, 0.3) is 0 Å². The Morgan fingerprint density at radius 1 is 0.676 bits per heavy atom. The van der Waals surface area contributed by atoms with Gasteiger partial charge in [0, 0.05) is 45.5 Å². The maximum atomic E-state index is 12.4. The summed E-state index contributed by atoms with van der Waals surface area (Å²) in [6.45, 7) is 10.4. The van der Waals surface area contributed by atoms with Gasteiger partial charge in [0.1, 0.15) is 54.9 Å². The van der Waals surface area contributed by atoms with Gasteiger partial charge < -0.3 is 98.1 Å². The highest BCUT2D eigenvalue weighted by Crippen LogP contribution is 2.68. The minimum atomic E-state index is -1.67. The van der Waals surface area contributed by atoms with Crippen molar-refractivity contribution < 1.29 is 98.1 Å². The lowest BCUT2D eigenvalue weighted by molar-refractivity contribution is -0.373. The smallest absolute Gasteiger partial charge is 0.187 e. The number of aliphatic hydroxyl groups excluding tert-OH is 8. The molecule has 9 N–H and O–H groups in total. The van der Waals surface area contributed by atoms with Gasteiger partial charge in [0.15, 0.2) is 25.2 Å². The van der Waals surface area contributed by atoms with Crippen LogP contribution in [0.3, 0.4) is 0 Å². The molecule has 3 saturated carbocycles. The fraction of sp³-hybridized carbons (Fsp3) is 0.958. The predicted octanol–water partition coefficient (Wildman–Crippen LogP) is -0.236. The standard InChI is InChI=1S/C48H80O20/c1-20(50)26-13-15-48(57)27-11-10-24-16-25(12-14-46(24,5)33(27)35(52)43(56)47(26,48)6)64-31-17-28(58-7)39(21(2)61-31)66-32-18-29(59-8)40(22(3)62-32)67-45-38(55)42(60-9)41(23(4)63-45)68-44-37(54)36(53)34(51)30(19-49)65-44/h10,20-23,25-45,49-57H,11-19H2,1-9H3/t20-,21-,22-,23-,25+,26-,27-,28+,29+,30-,31+,32+,33-,34+,35+,36+,37-,38-,39-,40-,41-,42+,43-,44+,45+,46+,47+,48+/m1/s1. The zero-order valence-electron chi connectivity index (χ0n) is 40.9. The van der Waals surface area contributed by atoms with Crippen molar-refractivity contribution in [2.75, 3.05) is 27.9 Å². The third-order valence-corrected chi connectivity index (χ3v) is 17.9. The van der Waals surface area contributed by atoms with Gasteiger partial charge in [-0.15, -0.1) is 0 Å². The third-order valence-electron chi connectivity index (χ3n) is 17.9. The summed E-state index contributed by atoms with van der Waals surface area (Å²) in [5.41, 5.74) is -1.54. The van der Waals surface area contributed by atoms with Gasteiger partial charge in [-0.3, -0.25) is 0 Å². The number of rotatable bonds is 13. The van der Waals surface area contributed by atoms with Crippen molar-refractivity contribution >= 4 is 0 Å². The molecule has 20 nitrogen and oxygen atoms in total.